The minimum absolute atomic E-state index is 0.355. The second kappa shape index (κ2) is 6.18. The molecule has 0 N–H and O–H groups in total. The molecule has 0 atom stereocenters. The SMILES string of the molecule is CC(C)c1nc(Br)cc(N2CCN(C(C)C)CC2)n1. The van der Waals surface area contributed by atoms with Gasteiger partial charge in [-0.05, 0) is 29.8 Å². The Bertz CT molecular complexity index is 425. The van der Waals surface area contributed by atoms with Crippen LogP contribution in [0, 0.1) is 0 Å². The largest absolute Gasteiger partial charge is 0.354 e. The number of halogens is 1. The highest BCUT2D eigenvalue weighted by Gasteiger charge is 2.20. The molecule has 1 fully saturated rings. The maximum absolute atomic E-state index is 4.69. The Morgan fingerprint density at radius 2 is 1.68 bits per heavy atom. The Balaban J connectivity index is 2.11. The van der Waals surface area contributed by atoms with Crippen molar-refractivity contribution in [2.75, 3.05) is 31.1 Å². The molecule has 0 spiro atoms. The monoisotopic (exact) mass is 326 g/mol. The Morgan fingerprint density at radius 1 is 1.05 bits per heavy atom. The smallest absolute Gasteiger partial charge is 0.134 e. The number of piperazine rings is 1. The summed E-state index contributed by atoms with van der Waals surface area (Å²) < 4.78 is 0.882. The zero-order chi connectivity index (χ0) is 14.0. The summed E-state index contributed by atoms with van der Waals surface area (Å²) in [7, 11) is 0. The molecule has 2 rings (SSSR count). The fourth-order valence-corrected chi connectivity index (χ4v) is 2.70. The molecule has 0 radical (unpaired) electrons. The van der Waals surface area contributed by atoms with Crippen LogP contribution in [0.5, 0.6) is 0 Å². The summed E-state index contributed by atoms with van der Waals surface area (Å²) in [5.41, 5.74) is 0. The molecular weight excluding hydrogens is 304 g/mol. The zero-order valence-electron chi connectivity index (χ0n) is 12.2. The number of anilines is 1. The molecule has 106 valence electrons. The summed E-state index contributed by atoms with van der Waals surface area (Å²) in [6.45, 7) is 13.1. The van der Waals surface area contributed by atoms with E-state index in [9.17, 15) is 0 Å². The highest BCUT2D eigenvalue weighted by atomic mass is 79.9. The number of hydrogen-bond donors (Lipinski definition) is 0. The maximum atomic E-state index is 4.69. The van der Waals surface area contributed by atoms with Gasteiger partial charge in [0, 0.05) is 44.2 Å². The van der Waals surface area contributed by atoms with Gasteiger partial charge in [0.1, 0.15) is 16.2 Å². The van der Waals surface area contributed by atoms with Crippen LogP contribution in [0.1, 0.15) is 39.4 Å². The normalized spacial score (nSPS) is 17.5. The van der Waals surface area contributed by atoms with E-state index < -0.39 is 0 Å². The van der Waals surface area contributed by atoms with E-state index in [1.807, 2.05) is 6.07 Å². The fraction of sp³-hybridized carbons (Fsp3) is 0.714. The first-order valence-electron chi connectivity index (χ1n) is 7.01. The van der Waals surface area contributed by atoms with Crippen molar-refractivity contribution in [3.8, 4) is 0 Å². The third-order valence-corrected chi connectivity index (χ3v) is 3.99. The van der Waals surface area contributed by atoms with Gasteiger partial charge in [-0.1, -0.05) is 13.8 Å². The van der Waals surface area contributed by atoms with Crippen molar-refractivity contribution in [2.45, 2.75) is 39.7 Å². The summed E-state index contributed by atoms with van der Waals surface area (Å²) in [5, 5.41) is 0. The first-order chi connectivity index (χ1) is 8.97. The van der Waals surface area contributed by atoms with Gasteiger partial charge in [-0.3, -0.25) is 4.90 Å². The summed E-state index contributed by atoms with van der Waals surface area (Å²) in [6.07, 6.45) is 0. The third kappa shape index (κ3) is 3.66. The van der Waals surface area contributed by atoms with Gasteiger partial charge in [-0.25, -0.2) is 9.97 Å². The first-order valence-corrected chi connectivity index (χ1v) is 7.80. The van der Waals surface area contributed by atoms with Crippen molar-refractivity contribution >= 4 is 21.7 Å². The van der Waals surface area contributed by atoms with Gasteiger partial charge >= 0.3 is 0 Å². The zero-order valence-corrected chi connectivity index (χ0v) is 13.8. The van der Waals surface area contributed by atoms with Crippen molar-refractivity contribution in [3.05, 3.63) is 16.5 Å². The van der Waals surface area contributed by atoms with Gasteiger partial charge in [-0.15, -0.1) is 0 Å². The molecule has 1 aromatic heterocycles. The summed E-state index contributed by atoms with van der Waals surface area (Å²) >= 11 is 3.49. The van der Waals surface area contributed by atoms with Crippen molar-refractivity contribution < 1.29 is 0 Å². The van der Waals surface area contributed by atoms with Crippen molar-refractivity contribution in [2.24, 2.45) is 0 Å². The molecule has 0 saturated carbocycles. The molecule has 1 aromatic rings. The molecule has 4 nitrogen and oxygen atoms in total. The lowest BCUT2D eigenvalue weighted by Gasteiger charge is -2.37. The first kappa shape index (κ1) is 14.7. The van der Waals surface area contributed by atoms with Crippen LogP contribution in [0.15, 0.2) is 10.7 Å². The lowest BCUT2D eigenvalue weighted by molar-refractivity contribution is 0.209. The second-order valence-electron chi connectivity index (χ2n) is 5.68. The van der Waals surface area contributed by atoms with Gasteiger partial charge in [-0.2, -0.15) is 0 Å². The Morgan fingerprint density at radius 3 is 2.21 bits per heavy atom. The van der Waals surface area contributed by atoms with Crippen molar-refractivity contribution in [3.63, 3.8) is 0 Å². The molecule has 0 bridgehead atoms. The van der Waals surface area contributed by atoms with Crippen molar-refractivity contribution in [1.29, 1.82) is 0 Å². The minimum atomic E-state index is 0.355. The molecular formula is C14H23BrN4. The summed E-state index contributed by atoms with van der Waals surface area (Å²) in [4.78, 5) is 14.0. The van der Waals surface area contributed by atoms with E-state index in [0.29, 0.717) is 12.0 Å². The average molecular weight is 327 g/mol. The van der Waals surface area contributed by atoms with Crippen LogP contribution in [0.25, 0.3) is 0 Å². The molecule has 19 heavy (non-hydrogen) atoms. The summed E-state index contributed by atoms with van der Waals surface area (Å²) in [5.74, 6) is 2.32. The molecule has 0 aromatic carbocycles. The lowest BCUT2D eigenvalue weighted by Crippen LogP contribution is -2.49. The molecule has 0 amide bonds. The van der Waals surface area contributed by atoms with Gasteiger partial charge in [0.15, 0.2) is 0 Å². The molecule has 1 saturated heterocycles. The highest BCUT2D eigenvalue weighted by Crippen LogP contribution is 2.21. The molecule has 0 aliphatic carbocycles. The van der Waals surface area contributed by atoms with E-state index in [4.69, 9.17) is 4.98 Å². The number of hydrogen-bond acceptors (Lipinski definition) is 4. The molecule has 5 heteroatoms. The van der Waals surface area contributed by atoms with E-state index >= 15 is 0 Å². The van der Waals surface area contributed by atoms with E-state index in [1.165, 1.54) is 0 Å². The number of aromatic nitrogens is 2. The van der Waals surface area contributed by atoms with Crippen LogP contribution in [0.4, 0.5) is 5.82 Å². The topological polar surface area (TPSA) is 32.3 Å². The predicted molar refractivity (Wildman–Crippen MR) is 82.7 cm³/mol. The van der Waals surface area contributed by atoms with Crippen LogP contribution in [0.2, 0.25) is 0 Å². The third-order valence-electron chi connectivity index (χ3n) is 3.58. The quantitative estimate of drug-likeness (QED) is 0.799. The minimum Gasteiger partial charge on any atom is -0.354 e. The Kier molecular flexibility index (Phi) is 4.79. The molecule has 1 aliphatic heterocycles. The highest BCUT2D eigenvalue weighted by molar-refractivity contribution is 9.10. The van der Waals surface area contributed by atoms with Gasteiger partial charge < -0.3 is 4.90 Å². The maximum Gasteiger partial charge on any atom is 0.134 e. The van der Waals surface area contributed by atoms with E-state index in [2.05, 4.69) is 58.4 Å². The molecule has 2 heterocycles. The average Bonchev–Trinajstić information content (AvgIpc) is 2.38. The number of rotatable bonds is 3. The molecule has 0 unspecified atom stereocenters. The van der Waals surface area contributed by atoms with Gasteiger partial charge in [0.2, 0.25) is 0 Å². The van der Waals surface area contributed by atoms with E-state index in [1.54, 1.807) is 0 Å². The Hall–Kier alpha value is -0.680. The van der Waals surface area contributed by atoms with Crippen LogP contribution >= 0.6 is 15.9 Å². The second-order valence-corrected chi connectivity index (χ2v) is 6.49. The van der Waals surface area contributed by atoms with Gasteiger partial charge in [0.05, 0.1) is 0 Å². The van der Waals surface area contributed by atoms with Crippen LogP contribution in [0.3, 0.4) is 0 Å². The van der Waals surface area contributed by atoms with Gasteiger partial charge in [0.25, 0.3) is 0 Å². The van der Waals surface area contributed by atoms with Crippen LogP contribution in [-0.4, -0.2) is 47.1 Å². The lowest BCUT2D eigenvalue weighted by atomic mass is 10.2. The Labute approximate surface area is 124 Å². The van der Waals surface area contributed by atoms with Crippen LogP contribution < -0.4 is 4.90 Å². The van der Waals surface area contributed by atoms with E-state index in [-0.39, 0.29) is 0 Å². The summed E-state index contributed by atoms with van der Waals surface area (Å²) in [6, 6.07) is 2.65. The van der Waals surface area contributed by atoms with E-state index in [0.717, 1.165) is 42.4 Å². The van der Waals surface area contributed by atoms with Crippen molar-refractivity contribution in [1.82, 2.24) is 14.9 Å². The van der Waals surface area contributed by atoms with Crippen LogP contribution in [-0.2, 0) is 0 Å². The predicted octanol–water partition coefficient (Wildman–Crippen LogP) is 2.89. The fourth-order valence-electron chi connectivity index (χ4n) is 2.31. The number of nitrogens with zero attached hydrogens (tertiary/aromatic N) is 4. The molecule has 1 aliphatic rings. The standard InChI is InChI=1S/C14H23BrN4/c1-10(2)14-16-12(15)9-13(17-14)19-7-5-18(6-8-19)11(3)4/h9-11H,5-8H2,1-4H3.